The second kappa shape index (κ2) is 6.99. The van der Waals surface area contributed by atoms with Crippen LogP contribution in [0.2, 0.25) is 0 Å². The van der Waals surface area contributed by atoms with E-state index in [1.54, 1.807) is 7.11 Å². The standard InChI is InChI=1S/C18H25NO2/c1-20-17-9-5-8-15-12-16(21-18(15)17)13-19-11-10-14-6-3-2-4-7-14/h5,8-9,12,14,19H,2-4,6-7,10-11,13H2,1H3. The number of nitrogens with one attached hydrogen (secondary N) is 1. The van der Waals surface area contributed by atoms with Crippen LogP contribution in [0.4, 0.5) is 0 Å². The molecule has 0 aliphatic heterocycles. The highest BCUT2D eigenvalue weighted by Gasteiger charge is 2.13. The van der Waals surface area contributed by atoms with Gasteiger partial charge in [-0.25, -0.2) is 0 Å². The molecule has 1 saturated carbocycles. The third-order valence-electron chi connectivity index (χ3n) is 4.53. The molecular weight excluding hydrogens is 262 g/mol. The molecule has 0 bridgehead atoms. The Bertz CT molecular complexity index is 570. The monoisotopic (exact) mass is 287 g/mol. The first-order valence-electron chi connectivity index (χ1n) is 8.13. The van der Waals surface area contributed by atoms with Gasteiger partial charge < -0.3 is 14.5 Å². The van der Waals surface area contributed by atoms with E-state index in [4.69, 9.17) is 9.15 Å². The number of benzene rings is 1. The zero-order valence-corrected chi connectivity index (χ0v) is 12.9. The fourth-order valence-corrected chi connectivity index (χ4v) is 3.33. The fourth-order valence-electron chi connectivity index (χ4n) is 3.33. The van der Waals surface area contributed by atoms with Crippen molar-refractivity contribution in [2.75, 3.05) is 13.7 Å². The Morgan fingerprint density at radius 2 is 2.10 bits per heavy atom. The van der Waals surface area contributed by atoms with Gasteiger partial charge >= 0.3 is 0 Å². The number of hydrogen-bond acceptors (Lipinski definition) is 3. The Morgan fingerprint density at radius 1 is 1.24 bits per heavy atom. The van der Waals surface area contributed by atoms with Crippen LogP contribution in [-0.2, 0) is 6.54 Å². The van der Waals surface area contributed by atoms with Crippen LogP contribution >= 0.6 is 0 Å². The van der Waals surface area contributed by atoms with Gasteiger partial charge in [0.15, 0.2) is 11.3 Å². The summed E-state index contributed by atoms with van der Waals surface area (Å²) >= 11 is 0. The lowest BCUT2D eigenvalue weighted by Crippen LogP contribution is -2.18. The van der Waals surface area contributed by atoms with E-state index in [1.807, 2.05) is 12.1 Å². The van der Waals surface area contributed by atoms with Crippen LogP contribution in [0.3, 0.4) is 0 Å². The molecule has 1 fully saturated rings. The molecule has 1 aromatic heterocycles. The first kappa shape index (κ1) is 14.5. The molecule has 3 heteroatoms. The van der Waals surface area contributed by atoms with Crippen molar-refractivity contribution in [2.45, 2.75) is 45.1 Å². The molecule has 0 saturated heterocycles. The van der Waals surface area contributed by atoms with E-state index in [9.17, 15) is 0 Å². The summed E-state index contributed by atoms with van der Waals surface area (Å²) < 4.78 is 11.2. The molecule has 1 heterocycles. The molecule has 2 aromatic rings. The summed E-state index contributed by atoms with van der Waals surface area (Å²) in [5.74, 6) is 2.72. The van der Waals surface area contributed by atoms with Gasteiger partial charge in [-0.05, 0) is 31.0 Å². The lowest BCUT2D eigenvalue weighted by molar-refractivity contribution is 0.332. The molecule has 0 atom stereocenters. The van der Waals surface area contributed by atoms with E-state index in [2.05, 4.69) is 17.4 Å². The molecule has 3 rings (SSSR count). The third-order valence-corrected chi connectivity index (χ3v) is 4.53. The summed E-state index contributed by atoms with van der Waals surface area (Å²) in [7, 11) is 1.68. The van der Waals surface area contributed by atoms with E-state index in [-0.39, 0.29) is 0 Å². The summed E-state index contributed by atoms with van der Waals surface area (Å²) in [4.78, 5) is 0. The quantitative estimate of drug-likeness (QED) is 0.794. The Labute approximate surface area is 126 Å². The molecule has 3 nitrogen and oxygen atoms in total. The predicted molar refractivity (Wildman–Crippen MR) is 85.7 cm³/mol. The van der Waals surface area contributed by atoms with E-state index in [1.165, 1.54) is 38.5 Å². The maximum Gasteiger partial charge on any atom is 0.176 e. The topological polar surface area (TPSA) is 34.4 Å². The van der Waals surface area contributed by atoms with Crippen LogP contribution in [0.1, 0.15) is 44.3 Å². The van der Waals surface area contributed by atoms with Crippen molar-refractivity contribution in [1.29, 1.82) is 0 Å². The number of methoxy groups -OCH3 is 1. The molecule has 1 N–H and O–H groups in total. The Balaban J connectivity index is 1.51. The van der Waals surface area contributed by atoms with E-state index in [0.29, 0.717) is 0 Å². The molecule has 0 unspecified atom stereocenters. The molecule has 21 heavy (non-hydrogen) atoms. The van der Waals surface area contributed by atoms with Crippen molar-refractivity contribution in [3.63, 3.8) is 0 Å². The Kier molecular flexibility index (Phi) is 4.81. The second-order valence-electron chi connectivity index (χ2n) is 6.06. The lowest BCUT2D eigenvalue weighted by atomic mass is 9.87. The highest BCUT2D eigenvalue weighted by molar-refractivity contribution is 5.83. The van der Waals surface area contributed by atoms with Gasteiger partial charge in [-0.15, -0.1) is 0 Å². The maximum atomic E-state index is 5.89. The van der Waals surface area contributed by atoms with Crippen molar-refractivity contribution in [3.05, 3.63) is 30.0 Å². The van der Waals surface area contributed by atoms with Crippen LogP contribution in [0.15, 0.2) is 28.7 Å². The van der Waals surface area contributed by atoms with E-state index in [0.717, 1.165) is 41.5 Å². The zero-order chi connectivity index (χ0) is 14.5. The second-order valence-corrected chi connectivity index (χ2v) is 6.06. The molecule has 1 aliphatic rings. The number of furan rings is 1. The van der Waals surface area contributed by atoms with Gasteiger partial charge in [-0.1, -0.05) is 44.2 Å². The van der Waals surface area contributed by atoms with Crippen molar-refractivity contribution in [2.24, 2.45) is 5.92 Å². The number of hydrogen-bond donors (Lipinski definition) is 1. The molecule has 1 aromatic carbocycles. The summed E-state index contributed by atoms with van der Waals surface area (Å²) in [6, 6.07) is 8.10. The first-order chi connectivity index (χ1) is 10.4. The summed E-state index contributed by atoms with van der Waals surface area (Å²) in [5.41, 5.74) is 0.851. The first-order valence-corrected chi connectivity index (χ1v) is 8.13. The average Bonchev–Trinajstić information content (AvgIpc) is 2.95. The van der Waals surface area contributed by atoms with Gasteiger partial charge in [0, 0.05) is 5.39 Å². The van der Waals surface area contributed by atoms with Gasteiger partial charge in [-0.3, -0.25) is 0 Å². The molecular formula is C18H25NO2. The van der Waals surface area contributed by atoms with Gasteiger partial charge in [0.05, 0.1) is 13.7 Å². The SMILES string of the molecule is COc1cccc2cc(CNCCC3CCCCC3)oc12. The lowest BCUT2D eigenvalue weighted by Gasteiger charge is -2.21. The largest absolute Gasteiger partial charge is 0.493 e. The molecule has 0 spiro atoms. The van der Waals surface area contributed by atoms with E-state index >= 15 is 0 Å². The summed E-state index contributed by atoms with van der Waals surface area (Å²) in [6.07, 6.45) is 8.42. The number of para-hydroxylation sites is 1. The smallest absolute Gasteiger partial charge is 0.176 e. The minimum atomic E-state index is 0.796. The van der Waals surface area contributed by atoms with Gasteiger partial charge in [0.1, 0.15) is 5.76 Å². The number of rotatable bonds is 6. The van der Waals surface area contributed by atoms with Crippen molar-refractivity contribution < 1.29 is 9.15 Å². The average molecular weight is 287 g/mol. The highest BCUT2D eigenvalue weighted by atomic mass is 16.5. The van der Waals surface area contributed by atoms with Crippen LogP contribution in [0.5, 0.6) is 5.75 Å². The fraction of sp³-hybridized carbons (Fsp3) is 0.556. The van der Waals surface area contributed by atoms with Gasteiger partial charge in [-0.2, -0.15) is 0 Å². The minimum absolute atomic E-state index is 0.796. The normalized spacial score (nSPS) is 16.4. The summed E-state index contributed by atoms with van der Waals surface area (Å²) in [5, 5.41) is 4.62. The van der Waals surface area contributed by atoms with Crippen molar-refractivity contribution >= 4 is 11.0 Å². The molecule has 1 aliphatic carbocycles. The molecule has 114 valence electrons. The summed E-state index contributed by atoms with van der Waals surface area (Å²) in [6.45, 7) is 1.88. The maximum absolute atomic E-state index is 5.89. The minimum Gasteiger partial charge on any atom is -0.493 e. The molecule has 0 amide bonds. The van der Waals surface area contributed by atoms with Crippen LogP contribution in [0.25, 0.3) is 11.0 Å². The van der Waals surface area contributed by atoms with Crippen LogP contribution < -0.4 is 10.1 Å². The number of ether oxygens (including phenoxy) is 1. The number of fused-ring (bicyclic) bond motifs is 1. The third kappa shape index (κ3) is 3.59. The molecule has 0 radical (unpaired) electrons. The highest BCUT2D eigenvalue weighted by Crippen LogP contribution is 2.28. The predicted octanol–water partition coefficient (Wildman–Crippen LogP) is 4.50. The van der Waals surface area contributed by atoms with Gasteiger partial charge in [0.25, 0.3) is 0 Å². The van der Waals surface area contributed by atoms with Crippen molar-refractivity contribution in [3.8, 4) is 5.75 Å². The van der Waals surface area contributed by atoms with Gasteiger partial charge in [0.2, 0.25) is 0 Å². The zero-order valence-electron chi connectivity index (χ0n) is 12.9. The Morgan fingerprint density at radius 3 is 2.90 bits per heavy atom. The van der Waals surface area contributed by atoms with Crippen molar-refractivity contribution in [1.82, 2.24) is 5.32 Å². The Hall–Kier alpha value is -1.48. The van der Waals surface area contributed by atoms with E-state index < -0.39 is 0 Å². The van der Waals surface area contributed by atoms with Crippen LogP contribution in [0, 0.1) is 5.92 Å². The van der Waals surface area contributed by atoms with Crippen LogP contribution in [-0.4, -0.2) is 13.7 Å².